The summed E-state index contributed by atoms with van der Waals surface area (Å²) in [5.74, 6) is -1.85. The summed E-state index contributed by atoms with van der Waals surface area (Å²) in [4.78, 5) is 23.2. The average molecular weight is 407 g/mol. The van der Waals surface area contributed by atoms with Gasteiger partial charge in [-0.25, -0.2) is 18.4 Å². The number of carboxylic acids is 1. The number of rotatable bonds is 10. The van der Waals surface area contributed by atoms with Gasteiger partial charge in [-0.3, -0.25) is 0 Å². The molecule has 0 radical (unpaired) electrons. The second-order valence-corrected chi connectivity index (χ2v) is 6.32. The monoisotopic (exact) mass is 407 g/mol. The number of halogens is 2. The van der Waals surface area contributed by atoms with Crippen LogP contribution in [0.1, 0.15) is 24.8 Å². The molecule has 0 fully saturated rings. The first-order chi connectivity index (χ1) is 13.9. The highest BCUT2D eigenvalue weighted by Crippen LogP contribution is 2.18. The van der Waals surface area contributed by atoms with Crippen molar-refractivity contribution in [1.82, 2.24) is 5.32 Å². The molecule has 0 aliphatic heterocycles. The standard InChI is InChI=1S/C20H23F2N3O4/c21-14-4-9-17(22)13(11-14)12-29-16-7-5-15(6-8-16)24-20(28)25-18(19(26)27)3-1-2-10-23/h4-9,11,18H,1-3,10,12,23H2,(H,26,27)(H2,24,25,28)/t18-/m0/s1. The highest BCUT2D eigenvalue weighted by Gasteiger charge is 2.19. The number of carbonyl (C=O) groups excluding carboxylic acids is 1. The lowest BCUT2D eigenvalue weighted by Crippen LogP contribution is -2.43. The van der Waals surface area contributed by atoms with Crippen LogP contribution in [-0.4, -0.2) is 29.7 Å². The van der Waals surface area contributed by atoms with Crippen molar-refractivity contribution >= 4 is 17.7 Å². The van der Waals surface area contributed by atoms with Crippen molar-refractivity contribution in [2.24, 2.45) is 5.73 Å². The van der Waals surface area contributed by atoms with Crippen molar-refractivity contribution < 1.29 is 28.2 Å². The molecule has 0 saturated heterocycles. The van der Waals surface area contributed by atoms with E-state index in [1.54, 1.807) is 24.3 Å². The summed E-state index contributed by atoms with van der Waals surface area (Å²) in [6.45, 7) is 0.304. The zero-order valence-corrected chi connectivity index (χ0v) is 15.7. The Morgan fingerprint density at radius 1 is 1.10 bits per heavy atom. The Kier molecular flexibility index (Phi) is 8.35. The first-order valence-electron chi connectivity index (χ1n) is 9.06. The van der Waals surface area contributed by atoms with E-state index in [-0.39, 0.29) is 18.6 Å². The molecule has 9 heteroatoms. The largest absolute Gasteiger partial charge is 0.489 e. The van der Waals surface area contributed by atoms with E-state index in [2.05, 4.69) is 10.6 Å². The van der Waals surface area contributed by atoms with Crippen molar-refractivity contribution in [2.45, 2.75) is 31.9 Å². The van der Waals surface area contributed by atoms with Crippen LogP contribution in [-0.2, 0) is 11.4 Å². The number of benzene rings is 2. The lowest BCUT2D eigenvalue weighted by Gasteiger charge is -2.15. The number of unbranched alkanes of at least 4 members (excludes halogenated alkanes) is 1. The number of hydrogen-bond acceptors (Lipinski definition) is 4. The van der Waals surface area contributed by atoms with Gasteiger partial charge in [-0.1, -0.05) is 0 Å². The van der Waals surface area contributed by atoms with E-state index < -0.39 is 29.7 Å². The van der Waals surface area contributed by atoms with Gasteiger partial charge in [0.2, 0.25) is 0 Å². The number of aliphatic carboxylic acids is 1. The topological polar surface area (TPSA) is 114 Å². The number of ether oxygens (including phenoxy) is 1. The lowest BCUT2D eigenvalue weighted by atomic mass is 10.1. The van der Waals surface area contributed by atoms with E-state index in [1.165, 1.54) is 0 Å². The van der Waals surface area contributed by atoms with Crippen LogP contribution in [0.4, 0.5) is 19.3 Å². The Bertz CT molecular complexity index is 831. The van der Waals surface area contributed by atoms with Crippen LogP contribution in [0.25, 0.3) is 0 Å². The number of carbonyl (C=O) groups is 2. The van der Waals surface area contributed by atoms with Gasteiger partial charge in [0.15, 0.2) is 0 Å². The van der Waals surface area contributed by atoms with Crippen molar-refractivity contribution in [3.63, 3.8) is 0 Å². The van der Waals surface area contributed by atoms with Gasteiger partial charge >= 0.3 is 12.0 Å². The molecule has 0 unspecified atom stereocenters. The number of urea groups is 1. The number of anilines is 1. The molecule has 0 aliphatic rings. The second-order valence-electron chi connectivity index (χ2n) is 6.32. The third kappa shape index (κ3) is 7.38. The van der Waals surface area contributed by atoms with Gasteiger partial charge in [0.25, 0.3) is 0 Å². The van der Waals surface area contributed by atoms with E-state index in [0.29, 0.717) is 30.8 Å². The normalized spacial score (nSPS) is 11.6. The highest BCUT2D eigenvalue weighted by atomic mass is 19.1. The summed E-state index contributed by atoms with van der Waals surface area (Å²) in [5, 5.41) is 14.1. The van der Waals surface area contributed by atoms with Crippen molar-refractivity contribution in [2.75, 3.05) is 11.9 Å². The number of hydrogen-bond donors (Lipinski definition) is 4. The molecule has 2 aromatic rings. The maximum Gasteiger partial charge on any atom is 0.326 e. The Balaban J connectivity index is 1.86. The fraction of sp³-hybridized carbons (Fsp3) is 0.300. The third-order valence-corrected chi connectivity index (χ3v) is 4.06. The molecule has 2 amide bonds. The molecule has 29 heavy (non-hydrogen) atoms. The van der Waals surface area contributed by atoms with Gasteiger partial charge in [0.05, 0.1) is 0 Å². The van der Waals surface area contributed by atoms with Crippen LogP contribution < -0.4 is 21.1 Å². The van der Waals surface area contributed by atoms with E-state index in [1.807, 2.05) is 0 Å². The highest BCUT2D eigenvalue weighted by molar-refractivity contribution is 5.92. The number of amides is 2. The number of nitrogens with one attached hydrogen (secondary N) is 2. The maximum atomic E-state index is 13.6. The molecule has 0 aromatic heterocycles. The lowest BCUT2D eigenvalue weighted by molar-refractivity contribution is -0.139. The maximum absolute atomic E-state index is 13.6. The molecular weight excluding hydrogens is 384 g/mol. The average Bonchev–Trinajstić information content (AvgIpc) is 2.69. The van der Waals surface area contributed by atoms with Crippen LogP contribution in [0.3, 0.4) is 0 Å². The minimum Gasteiger partial charge on any atom is -0.489 e. The smallest absolute Gasteiger partial charge is 0.326 e. The van der Waals surface area contributed by atoms with Crippen molar-refractivity contribution in [3.8, 4) is 5.75 Å². The number of carboxylic acid groups (broad SMARTS) is 1. The van der Waals surface area contributed by atoms with E-state index in [0.717, 1.165) is 18.2 Å². The SMILES string of the molecule is NCCCC[C@H](NC(=O)Nc1ccc(OCc2cc(F)ccc2F)cc1)C(=O)O. The zero-order chi connectivity index (χ0) is 21.2. The molecule has 0 saturated carbocycles. The van der Waals surface area contributed by atoms with Gasteiger partial charge in [0, 0.05) is 11.3 Å². The summed E-state index contributed by atoms with van der Waals surface area (Å²) >= 11 is 0. The fourth-order valence-electron chi connectivity index (χ4n) is 2.53. The van der Waals surface area contributed by atoms with Crippen LogP contribution in [0.15, 0.2) is 42.5 Å². The molecule has 7 nitrogen and oxygen atoms in total. The molecule has 0 spiro atoms. The molecule has 5 N–H and O–H groups in total. The van der Waals surface area contributed by atoms with E-state index in [4.69, 9.17) is 10.5 Å². The molecule has 0 aliphatic carbocycles. The van der Waals surface area contributed by atoms with Crippen LogP contribution >= 0.6 is 0 Å². The third-order valence-electron chi connectivity index (χ3n) is 4.06. The minimum absolute atomic E-state index is 0.0842. The molecule has 156 valence electrons. The van der Waals surface area contributed by atoms with Crippen LogP contribution in [0.5, 0.6) is 5.75 Å². The summed E-state index contributed by atoms with van der Waals surface area (Å²) in [6.07, 6.45) is 1.54. The van der Waals surface area contributed by atoms with Gasteiger partial charge in [-0.2, -0.15) is 0 Å². The summed E-state index contributed by atoms with van der Waals surface area (Å²) in [6, 6.07) is 7.62. The Morgan fingerprint density at radius 3 is 2.48 bits per heavy atom. The number of nitrogens with two attached hydrogens (primary N) is 1. The second kappa shape index (κ2) is 11.0. The van der Waals surface area contributed by atoms with Crippen molar-refractivity contribution in [3.05, 3.63) is 59.7 Å². The minimum atomic E-state index is -1.12. The van der Waals surface area contributed by atoms with E-state index in [9.17, 15) is 23.5 Å². The summed E-state index contributed by atoms with van der Waals surface area (Å²) in [7, 11) is 0. The van der Waals surface area contributed by atoms with Gasteiger partial charge in [0.1, 0.15) is 30.0 Å². The van der Waals surface area contributed by atoms with Crippen molar-refractivity contribution in [1.29, 1.82) is 0 Å². The zero-order valence-electron chi connectivity index (χ0n) is 15.7. The Labute approximate surface area is 166 Å². The van der Waals surface area contributed by atoms with Crippen LogP contribution in [0, 0.1) is 11.6 Å². The predicted octanol–water partition coefficient (Wildman–Crippen LogP) is 3.25. The van der Waals surface area contributed by atoms with Crippen LogP contribution in [0.2, 0.25) is 0 Å². The fourth-order valence-corrected chi connectivity index (χ4v) is 2.53. The quantitative estimate of drug-likeness (QED) is 0.452. The molecule has 0 bridgehead atoms. The first-order valence-corrected chi connectivity index (χ1v) is 9.06. The van der Waals surface area contributed by atoms with Gasteiger partial charge in [-0.05, 0) is 68.3 Å². The Morgan fingerprint density at radius 2 is 1.83 bits per heavy atom. The molecule has 1 atom stereocenters. The predicted molar refractivity (Wildman–Crippen MR) is 104 cm³/mol. The van der Waals surface area contributed by atoms with Gasteiger partial charge in [-0.15, -0.1) is 0 Å². The summed E-state index contributed by atoms with van der Waals surface area (Å²) < 4.78 is 32.2. The van der Waals surface area contributed by atoms with Gasteiger partial charge < -0.3 is 26.2 Å². The summed E-state index contributed by atoms with van der Waals surface area (Å²) in [5.41, 5.74) is 5.88. The molecule has 0 heterocycles. The van der Waals surface area contributed by atoms with E-state index >= 15 is 0 Å². The first kappa shape index (κ1) is 22.1. The molecule has 2 aromatic carbocycles. The Hall–Kier alpha value is -3.20. The molecular formula is C20H23F2N3O4. The molecule has 2 rings (SSSR count).